The molecule has 0 bridgehead atoms. The molecular formula is C20H27FN2O3. The number of amides is 1. The lowest BCUT2D eigenvalue weighted by Crippen LogP contribution is -2.51. The number of carbonyl (C=O) groups excluding carboxylic acids is 1. The van der Waals surface area contributed by atoms with Crippen LogP contribution in [0.15, 0.2) is 12.1 Å². The monoisotopic (exact) mass is 362 g/mol. The van der Waals surface area contributed by atoms with Crippen LogP contribution in [0.25, 0.3) is 0 Å². The fraction of sp³-hybridized carbons (Fsp3) is 0.650. The topological polar surface area (TPSA) is 42.0 Å². The highest BCUT2D eigenvalue weighted by atomic mass is 19.1. The number of halogens is 1. The summed E-state index contributed by atoms with van der Waals surface area (Å²) in [6.45, 7) is 2.05. The molecule has 0 saturated carbocycles. The van der Waals surface area contributed by atoms with Crippen LogP contribution in [0.1, 0.15) is 36.4 Å². The van der Waals surface area contributed by atoms with Crippen LogP contribution in [0, 0.1) is 5.92 Å². The summed E-state index contributed by atoms with van der Waals surface area (Å²) < 4.78 is 23.9. The third-order valence-electron chi connectivity index (χ3n) is 6.23. The number of piperidine rings is 1. The number of alkyl halides is 1. The lowest BCUT2D eigenvalue weighted by Gasteiger charge is -2.46. The standard InChI is InChI=1S/C20H27FN2O3/c1-25-18-8-14-5-6-22-12-15(23-11-13(10-21)7-20(23)24)3-4-17(22)16(14)9-19(18)26-2/h8-9,13,15,17H,3-7,10-12H2,1-2H3/t13-,15+,17+/m1/s1. The van der Waals surface area contributed by atoms with Crippen molar-refractivity contribution in [3.63, 3.8) is 0 Å². The van der Waals surface area contributed by atoms with Gasteiger partial charge in [0.1, 0.15) is 0 Å². The van der Waals surface area contributed by atoms with Crippen LogP contribution in [0.5, 0.6) is 11.5 Å². The molecule has 5 nitrogen and oxygen atoms in total. The Hall–Kier alpha value is -1.82. The summed E-state index contributed by atoms with van der Waals surface area (Å²) in [5, 5.41) is 0. The zero-order valence-corrected chi connectivity index (χ0v) is 15.5. The number of hydrogen-bond acceptors (Lipinski definition) is 4. The third-order valence-corrected chi connectivity index (χ3v) is 6.23. The van der Waals surface area contributed by atoms with Crippen molar-refractivity contribution in [3.05, 3.63) is 23.3 Å². The second-order valence-electron chi connectivity index (χ2n) is 7.67. The van der Waals surface area contributed by atoms with Gasteiger partial charge in [-0.3, -0.25) is 14.1 Å². The van der Waals surface area contributed by atoms with E-state index in [1.54, 1.807) is 14.2 Å². The molecule has 3 atom stereocenters. The number of ether oxygens (including phenoxy) is 2. The van der Waals surface area contributed by atoms with E-state index in [0.29, 0.717) is 19.0 Å². The van der Waals surface area contributed by atoms with Crippen molar-refractivity contribution in [1.29, 1.82) is 0 Å². The van der Waals surface area contributed by atoms with Crippen molar-refractivity contribution < 1.29 is 18.7 Å². The summed E-state index contributed by atoms with van der Waals surface area (Å²) >= 11 is 0. The molecule has 0 aliphatic carbocycles. The maximum absolute atomic E-state index is 13.0. The average Bonchev–Trinajstić information content (AvgIpc) is 3.07. The van der Waals surface area contributed by atoms with E-state index < -0.39 is 6.67 Å². The molecule has 1 aromatic carbocycles. The molecule has 0 unspecified atom stereocenters. The summed E-state index contributed by atoms with van der Waals surface area (Å²) in [5.41, 5.74) is 2.65. The van der Waals surface area contributed by atoms with Gasteiger partial charge in [0.05, 0.1) is 20.9 Å². The Bertz CT molecular complexity index is 696. The second-order valence-corrected chi connectivity index (χ2v) is 7.67. The number of likely N-dealkylation sites (tertiary alicyclic amines) is 1. The molecule has 6 heteroatoms. The normalized spacial score (nSPS) is 28.7. The van der Waals surface area contributed by atoms with E-state index in [4.69, 9.17) is 9.47 Å². The summed E-state index contributed by atoms with van der Waals surface area (Å²) in [6.07, 6.45) is 3.33. The van der Waals surface area contributed by atoms with Gasteiger partial charge in [0.15, 0.2) is 11.5 Å². The maximum atomic E-state index is 13.0. The van der Waals surface area contributed by atoms with E-state index in [9.17, 15) is 9.18 Å². The Morgan fingerprint density at radius 1 is 1.15 bits per heavy atom. The number of fused-ring (bicyclic) bond motifs is 3. The molecule has 26 heavy (non-hydrogen) atoms. The number of hydrogen-bond donors (Lipinski definition) is 0. The molecule has 2 fully saturated rings. The Labute approximate surface area is 154 Å². The second kappa shape index (κ2) is 7.06. The predicted molar refractivity (Wildman–Crippen MR) is 96.4 cm³/mol. The molecule has 3 heterocycles. The van der Waals surface area contributed by atoms with E-state index in [-0.39, 0.29) is 17.9 Å². The van der Waals surface area contributed by atoms with Crippen LogP contribution in [0.3, 0.4) is 0 Å². The first-order valence-corrected chi connectivity index (χ1v) is 9.48. The zero-order chi connectivity index (χ0) is 18.3. The van der Waals surface area contributed by atoms with E-state index >= 15 is 0 Å². The summed E-state index contributed by atoms with van der Waals surface area (Å²) in [6, 6.07) is 4.81. The Kier molecular flexibility index (Phi) is 4.78. The van der Waals surface area contributed by atoms with Crippen molar-refractivity contribution in [2.24, 2.45) is 5.92 Å². The molecule has 142 valence electrons. The minimum absolute atomic E-state index is 0.112. The summed E-state index contributed by atoms with van der Waals surface area (Å²) in [5.74, 6) is 1.57. The lowest BCUT2D eigenvalue weighted by molar-refractivity contribution is -0.131. The number of methoxy groups -OCH3 is 2. The minimum atomic E-state index is -0.393. The fourth-order valence-corrected chi connectivity index (χ4v) is 4.87. The van der Waals surface area contributed by atoms with Gasteiger partial charge in [-0.05, 0) is 42.5 Å². The van der Waals surface area contributed by atoms with Crippen LogP contribution in [0.4, 0.5) is 4.39 Å². The van der Waals surface area contributed by atoms with Gasteiger partial charge >= 0.3 is 0 Å². The minimum Gasteiger partial charge on any atom is -0.493 e. The summed E-state index contributed by atoms with van der Waals surface area (Å²) in [7, 11) is 3.34. The average molecular weight is 362 g/mol. The van der Waals surface area contributed by atoms with Crippen LogP contribution in [-0.4, -0.2) is 62.3 Å². The molecule has 3 aliphatic rings. The van der Waals surface area contributed by atoms with E-state index in [1.165, 1.54) is 11.1 Å². The van der Waals surface area contributed by atoms with Crippen molar-refractivity contribution >= 4 is 5.91 Å². The molecule has 4 rings (SSSR count). The molecular weight excluding hydrogens is 335 g/mol. The molecule has 0 spiro atoms. The molecule has 0 radical (unpaired) electrons. The van der Waals surface area contributed by atoms with Gasteiger partial charge in [-0.15, -0.1) is 0 Å². The summed E-state index contributed by atoms with van der Waals surface area (Å²) in [4.78, 5) is 16.7. The smallest absolute Gasteiger partial charge is 0.223 e. The van der Waals surface area contributed by atoms with Crippen molar-refractivity contribution in [3.8, 4) is 11.5 Å². The van der Waals surface area contributed by atoms with E-state index in [0.717, 1.165) is 43.9 Å². The molecule has 0 N–H and O–H groups in total. The number of carbonyl (C=O) groups is 1. The fourth-order valence-electron chi connectivity index (χ4n) is 4.87. The van der Waals surface area contributed by atoms with Crippen LogP contribution in [0.2, 0.25) is 0 Å². The van der Waals surface area contributed by atoms with Gasteiger partial charge < -0.3 is 14.4 Å². The highest BCUT2D eigenvalue weighted by molar-refractivity contribution is 5.79. The van der Waals surface area contributed by atoms with Crippen LogP contribution in [-0.2, 0) is 11.2 Å². The molecule has 1 amide bonds. The number of nitrogens with zero attached hydrogens (tertiary/aromatic N) is 2. The molecule has 2 saturated heterocycles. The first-order valence-electron chi connectivity index (χ1n) is 9.48. The van der Waals surface area contributed by atoms with Gasteiger partial charge in [0.25, 0.3) is 0 Å². The lowest BCUT2D eigenvalue weighted by atomic mass is 9.85. The van der Waals surface area contributed by atoms with Gasteiger partial charge in [0, 0.05) is 44.1 Å². The third kappa shape index (κ3) is 2.94. The van der Waals surface area contributed by atoms with Gasteiger partial charge in [-0.2, -0.15) is 0 Å². The van der Waals surface area contributed by atoms with Crippen molar-refractivity contribution in [2.75, 3.05) is 40.5 Å². The SMILES string of the molecule is COc1cc2c(cc1OC)[C@@H]1CC[C@H](N3C[C@@H](CF)CC3=O)CN1CC2. The van der Waals surface area contributed by atoms with Crippen molar-refractivity contribution in [1.82, 2.24) is 9.80 Å². The highest BCUT2D eigenvalue weighted by Gasteiger charge is 2.40. The van der Waals surface area contributed by atoms with E-state index in [2.05, 4.69) is 17.0 Å². The number of benzene rings is 1. The molecule has 3 aliphatic heterocycles. The number of rotatable bonds is 4. The first-order chi connectivity index (χ1) is 12.6. The molecule has 0 aromatic heterocycles. The highest BCUT2D eigenvalue weighted by Crippen LogP contribution is 2.42. The van der Waals surface area contributed by atoms with Crippen LogP contribution >= 0.6 is 0 Å². The van der Waals surface area contributed by atoms with Crippen LogP contribution < -0.4 is 9.47 Å². The van der Waals surface area contributed by atoms with Gasteiger partial charge in [-0.25, -0.2) is 0 Å². The quantitative estimate of drug-likeness (QED) is 0.826. The van der Waals surface area contributed by atoms with Gasteiger partial charge in [-0.1, -0.05) is 0 Å². The Balaban J connectivity index is 1.52. The largest absolute Gasteiger partial charge is 0.493 e. The van der Waals surface area contributed by atoms with E-state index in [1.807, 2.05) is 4.90 Å². The predicted octanol–water partition coefficient (Wildman–Crippen LogP) is 2.58. The van der Waals surface area contributed by atoms with Gasteiger partial charge in [0.2, 0.25) is 5.91 Å². The Morgan fingerprint density at radius 2 is 1.92 bits per heavy atom. The maximum Gasteiger partial charge on any atom is 0.223 e. The Morgan fingerprint density at radius 3 is 2.62 bits per heavy atom. The molecule has 1 aromatic rings. The van der Waals surface area contributed by atoms with Crippen molar-refractivity contribution in [2.45, 2.75) is 37.8 Å². The first kappa shape index (κ1) is 17.6. The zero-order valence-electron chi connectivity index (χ0n) is 15.5.